The van der Waals surface area contributed by atoms with E-state index in [4.69, 9.17) is 0 Å². The van der Waals surface area contributed by atoms with Crippen LogP contribution in [0.15, 0.2) is 53.4 Å². The topological polar surface area (TPSA) is 58.2 Å². The second-order valence-corrected chi connectivity index (χ2v) is 7.89. The van der Waals surface area contributed by atoms with E-state index >= 15 is 0 Å². The zero-order chi connectivity index (χ0) is 18.4. The minimum absolute atomic E-state index is 0.0312. The number of rotatable bonds is 5. The van der Waals surface area contributed by atoms with Crippen LogP contribution in [0.5, 0.6) is 0 Å². The molecule has 5 heteroatoms. The van der Waals surface area contributed by atoms with Gasteiger partial charge >= 0.3 is 0 Å². The van der Waals surface area contributed by atoms with E-state index in [-0.39, 0.29) is 17.2 Å². The summed E-state index contributed by atoms with van der Waals surface area (Å²) < 4.78 is 0. The SMILES string of the molecule is CC(=O)Nc1ccc(SCC(=O)Nc2ccccc2C(C)(C)C)cc1. The Morgan fingerprint density at radius 3 is 2.20 bits per heavy atom. The van der Waals surface area contributed by atoms with Gasteiger partial charge in [-0.15, -0.1) is 11.8 Å². The third kappa shape index (κ3) is 5.94. The standard InChI is InChI=1S/C20H24N2O2S/c1-14(23)21-15-9-11-16(12-10-15)25-13-19(24)22-18-8-6-5-7-17(18)20(2,3)4/h5-12H,13H2,1-4H3,(H,21,23)(H,22,24). The molecule has 2 N–H and O–H groups in total. The normalized spacial score (nSPS) is 11.0. The summed E-state index contributed by atoms with van der Waals surface area (Å²) >= 11 is 1.46. The number of hydrogen-bond donors (Lipinski definition) is 2. The first kappa shape index (κ1) is 19.1. The van der Waals surface area contributed by atoms with E-state index in [2.05, 4.69) is 31.4 Å². The molecule has 0 fully saturated rings. The Bertz CT molecular complexity index is 749. The summed E-state index contributed by atoms with van der Waals surface area (Å²) in [5.41, 5.74) is 2.70. The largest absolute Gasteiger partial charge is 0.326 e. The molecular formula is C20H24N2O2S. The molecule has 0 saturated heterocycles. The van der Waals surface area contributed by atoms with Crippen LogP contribution in [0.2, 0.25) is 0 Å². The minimum atomic E-state index is -0.0997. The molecular weight excluding hydrogens is 332 g/mol. The molecule has 0 aromatic heterocycles. The summed E-state index contributed by atoms with van der Waals surface area (Å²) in [6.07, 6.45) is 0. The van der Waals surface area contributed by atoms with Crippen molar-refractivity contribution in [2.24, 2.45) is 0 Å². The molecule has 0 aliphatic rings. The summed E-state index contributed by atoms with van der Waals surface area (Å²) in [5.74, 6) is 0.197. The number of para-hydroxylation sites is 1. The minimum Gasteiger partial charge on any atom is -0.326 e. The van der Waals surface area contributed by atoms with Crippen molar-refractivity contribution < 1.29 is 9.59 Å². The first-order valence-corrected chi connectivity index (χ1v) is 9.14. The highest BCUT2D eigenvalue weighted by atomic mass is 32.2. The number of hydrogen-bond acceptors (Lipinski definition) is 3. The summed E-state index contributed by atoms with van der Waals surface area (Å²) in [6, 6.07) is 15.3. The summed E-state index contributed by atoms with van der Waals surface area (Å²) in [4.78, 5) is 24.3. The molecule has 25 heavy (non-hydrogen) atoms. The van der Waals surface area contributed by atoms with Gasteiger partial charge in [-0.25, -0.2) is 0 Å². The number of anilines is 2. The van der Waals surface area contributed by atoms with Gasteiger partial charge in [-0.2, -0.15) is 0 Å². The van der Waals surface area contributed by atoms with Gasteiger partial charge in [0.2, 0.25) is 11.8 Å². The number of benzene rings is 2. The summed E-state index contributed by atoms with van der Waals surface area (Å²) in [6.45, 7) is 7.86. The van der Waals surface area contributed by atoms with Crippen LogP contribution in [0.3, 0.4) is 0 Å². The third-order valence-corrected chi connectivity index (χ3v) is 4.57. The van der Waals surface area contributed by atoms with Crippen molar-refractivity contribution >= 4 is 35.0 Å². The van der Waals surface area contributed by atoms with Crippen LogP contribution in [0.4, 0.5) is 11.4 Å². The maximum atomic E-state index is 12.3. The number of carbonyl (C=O) groups is 2. The van der Waals surface area contributed by atoms with Crippen molar-refractivity contribution in [1.82, 2.24) is 0 Å². The lowest BCUT2D eigenvalue weighted by molar-refractivity contribution is -0.114. The average Bonchev–Trinajstić information content (AvgIpc) is 2.53. The molecule has 2 amide bonds. The Balaban J connectivity index is 1.94. The van der Waals surface area contributed by atoms with Crippen LogP contribution in [-0.4, -0.2) is 17.6 Å². The average molecular weight is 356 g/mol. The van der Waals surface area contributed by atoms with Gasteiger partial charge in [0.25, 0.3) is 0 Å². The Kier molecular flexibility index (Phi) is 6.26. The van der Waals surface area contributed by atoms with Gasteiger partial charge < -0.3 is 10.6 Å². The molecule has 2 aromatic carbocycles. The van der Waals surface area contributed by atoms with Gasteiger partial charge in [0.15, 0.2) is 0 Å². The molecule has 0 heterocycles. The molecule has 2 rings (SSSR count). The van der Waals surface area contributed by atoms with Crippen molar-refractivity contribution in [3.05, 3.63) is 54.1 Å². The molecule has 0 radical (unpaired) electrons. The van der Waals surface area contributed by atoms with E-state index in [1.165, 1.54) is 18.7 Å². The number of thioether (sulfide) groups is 1. The predicted octanol–water partition coefficient (Wildman–Crippen LogP) is 4.67. The van der Waals surface area contributed by atoms with Gasteiger partial charge in [-0.1, -0.05) is 39.0 Å². The maximum absolute atomic E-state index is 12.3. The fourth-order valence-corrected chi connectivity index (χ4v) is 3.12. The lowest BCUT2D eigenvalue weighted by Crippen LogP contribution is -2.19. The lowest BCUT2D eigenvalue weighted by atomic mass is 9.86. The van der Waals surface area contributed by atoms with Crippen molar-refractivity contribution in [2.45, 2.75) is 38.0 Å². The lowest BCUT2D eigenvalue weighted by Gasteiger charge is -2.23. The first-order chi connectivity index (χ1) is 11.8. The van der Waals surface area contributed by atoms with Crippen molar-refractivity contribution in [3.63, 3.8) is 0 Å². The summed E-state index contributed by atoms with van der Waals surface area (Å²) in [7, 11) is 0. The zero-order valence-electron chi connectivity index (χ0n) is 15.1. The molecule has 0 atom stereocenters. The van der Waals surface area contributed by atoms with Crippen LogP contribution < -0.4 is 10.6 Å². The molecule has 0 aliphatic carbocycles. The van der Waals surface area contributed by atoms with E-state index in [9.17, 15) is 9.59 Å². The van der Waals surface area contributed by atoms with E-state index in [0.29, 0.717) is 5.75 Å². The molecule has 2 aromatic rings. The van der Waals surface area contributed by atoms with Crippen LogP contribution in [0.25, 0.3) is 0 Å². The Morgan fingerprint density at radius 2 is 1.60 bits per heavy atom. The molecule has 4 nitrogen and oxygen atoms in total. The second-order valence-electron chi connectivity index (χ2n) is 6.84. The molecule has 0 unspecified atom stereocenters. The number of nitrogens with one attached hydrogen (secondary N) is 2. The molecule has 0 aliphatic heterocycles. The second kappa shape index (κ2) is 8.21. The van der Waals surface area contributed by atoms with E-state index in [1.807, 2.05) is 48.5 Å². The smallest absolute Gasteiger partial charge is 0.234 e. The van der Waals surface area contributed by atoms with Crippen LogP contribution in [0, 0.1) is 0 Å². The van der Waals surface area contributed by atoms with E-state index in [0.717, 1.165) is 21.8 Å². The molecule has 132 valence electrons. The van der Waals surface area contributed by atoms with Gasteiger partial charge in [-0.05, 0) is 41.3 Å². The van der Waals surface area contributed by atoms with Crippen LogP contribution in [-0.2, 0) is 15.0 Å². The molecule has 0 spiro atoms. The Labute approximate surface area is 153 Å². The highest BCUT2D eigenvalue weighted by Gasteiger charge is 2.18. The monoisotopic (exact) mass is 356 g/mol. The first-order valence-electron chi connectivity index (χ1n) is 8.15. The van der Waals surface area contributed by atoms with Gasteiger partial charge in [0.1, 0.15) is 0 Å². The van der Waals surface area contributed by atoms with Gasteiger partial charge in [-0.3, -0.25) is 9.59 Å². The Morgan fingerprint density at radius 1 is 0.960 bits per heavy atom. The van der Waals surface area contributed by atoms with Crippen molar-refractivity contribution in [1.29, 1.82) is 0 Å². The maximum Gasteiger partial charge on any atom is 0.234 e. The highest BCUT2D eigenvalue weighted by molar-refractivity contribution is 8.00. The van der Waals surface area contributed by atoms with Crippen LogP contribution in [0.1, 0.15) is 33.3 Å². The predicted molar refractivity (Wildman–Crippen MR) is 105 cm³/mol. The Hall–Kier alpha value is -2.27. The van der Waals surface area contributed by atoms with E-state index in [1.54, 1.807) is 0 Å². The fourth-order valence-electron chi connectivity index (χ4n) is 2.42. The third-order valence-electron chi connectivity index (χ3n) is 3.55. The zero-order valence-corrected chi connectivity index (χ0v) is 15.9. The molecule has 0 bridgehead atoms. The van der Waals surface area contributed by atoms with E-state index < -0.39 is 0 Å². The van der Waals surface area contributed by atoms with Gasteiger partial charge in [0, 0.05) is 23.2 Å². The van der Waals surface area contributed by atoms with Crippen molar-refractivity contribution in [3.8, 4) is 0 Å². The van der Waals surface area contributed by atoms with Crippen molar-refractivity contribution in [2.75, 3.05) is 16.4 Å². The number of carbonyl (C=O) groups excluding carboxylic acids is 2. The highest BCUT2D eigenvalue weighted by Crippen LogP contribution is 2.29. The fraction of sp³-hybridized carbons (Fsp3) is 0.300. The quantitative estimate of drug-likeness (QED) is 0.765. The number of amides is 2. The van der Waals surface area contributed by atoms with Gasteiger partial charge in [0.05, 0.1) is 5.75 Å². The van der Waals surface area contributed by atoms with Crippen LogP contribution >= 0.6 is 11.8 Å². The summed E-state index contributed by atoms with van der Waals surface area (Å²) in [5, 5.41) is 5.73. The molecule has 0 saturated carbocycles.